The van der Waals surface area contributed by atoms with Crippen molar-refractivity contribution in [1.82, 2.24) is 13.7 Å². The van der Waals surface area contributed by atoms with E-state index in [1.54, 1.807) is 11.3 Å². The Morgan fingerprint density at radius 3 is 2.90 bits per heavy atom. The largest absolute Gasteiger partial charge is 0.328 e. The van der Waals surface area contributed by atoms with Gasteiger partial charge in [0.25, 0.3) is 0 Å². The number of rotatable bonds is 2. The van der Waals surface area contributed by atoms with Crippen molar-refractivity contribution in [3.8, 4) is 0 Å². The Kier molecular flexibility index (Phi) is 3.02. The number of benzene rings is 2. The summed E-state index contributed by atoms with van der Waals surface area (Å²) in [7, 11) is 0. The lowest BCUT2D eigenvalue weighted by molar-refractivity contribution is 1.42. The second-order valence-corrected chi connectivity index (χ2v) is 6.64. The van der Waals surface area contributed by atoms with E-state index in [9.17, 15) is 0 Å². The van der Waals surface area contributed by atoms with Crippen LogP contribution in [0.2, 0.25) is 5.02 Å². The van der Waals surface area contributed by atoms with E-state index >= 15 is 0 Å². The Labute approximate surface area is 133 Å². The average Bonchev–Trinajstić information content (AvgIpc) is 3.07. The highest BCUT2D eigenvalue weighted by atomic mass is 35.5. The lowest BCUT2D eigenvalue weighted by atomic mass is 10.2. The van der Waals surface area contributed by atoms with Gasteiger partial charge in [-0.3, -0.25) is 0 Å². The number of fused-ring (bicyclic) bond motifs is 2. The summed E-state index contributed by atoms with van der Waals surface area (Å²) >= 11 is 9.06. The minimum absolute atomic E-state index is 0.616. The van der Waals surface area contributed by atoms with Crippen LogP contribution in [0.4, 0.5) is 10.8 Å². The van der Waals surface area contributed by atoms with E-state index in [4.69, 9.17) is 11.6 Å². The first-order valence-corrected chi connectivity index (χ1v) is 8.18. The van der Waals surface area contributed by atoms with Crippen molar-refractivity contribution in [2.45, 2.75) is 6.92 Å². The molecule has 0 atom stereocenters. The third-order valence-corrected chi connectivity index (χ3v) is 4.96. The minimum Gasteiger partial charge on any atom is -0.328 e. The van der Waals surface area contributed by atoms with Gasteiger partial charge in [-0.2, -0.15) is 8.75 Å². The predicted octanol–water partition coefficient (Wildman–Crippen LogP) is 5.01. The smallest absolute Gasteiger partial charge is 0.188 e. The zero-order valence-electron chi connectivity index (χ0n) is 10.9. The van der Waals surface area contributed by atoms with Gasteiger partial charge in [-0.15, -0.1) is 0 Å². The number of thiazole rings is 1. The number of aryl methyl sites for hydroxylation is 1. The van der Waals surface area contributed by atoms with Crippen LogP contribution in [0.1, 0.15) is 5.56 Å². The summed E-state index contributed by atoms with van der Waals surface area (Å²) in [5, 5.41) is 4.71. The van der Waals surface area contributed by atoms with Gasteiger partial charge in [-0.05, 0) is 36.8 Å². The third kappa shape index (κ3) is 2.25. The van der Waals surface area contributed by atoms with Crippen LogP contribution in [0.3, 0.4) is 0 Å². The summed E-state index contributed by atoms with van der Waals surface area (Å²) in [6.45, 7) is 2.06. The minimum atomic E-state index is 0.616. The van der Waals surface area contributed by atoms with Crippen molar-refractivity contribution in [3.63, 3.8) is 0 Å². The van der Waals surface area contributed by atoms with E-state index in [1.165, 1.54) is 17.3 Å². The SMILES string of the molecule is Cc1ccc2sc(Nc3c(Cl)ccc4nsnc34)nc2c1. The van der Waals surface area contributed by atoms with Crippen LogP contribution in [-0.2, 0) is 0 Å². The molecule has 2 heterocycles. The molecule has 0 aliphatic rings. The van der Waals surface area contributed by atoms with Crippen molar-refractivity contribution < 1.29 is 0 Å². The second kappa shape index (κ2) is 4.91. The fourth-order valence-electron chi connectivity index (χ4n) is 2.14. The fourth-order valence-corrected chi connectivity index (χ4v) is 3.74. The van der Waals surface area contributed by atoms with Gasteiger partial charge in [0.05, 0.1) is 32.7 Å². The van der Waals surface area contributed by atoms with Gasteiger partial charge in [-0.25, -0.2) is 4.98 Å². The molecular weight excluding hydrogens is 324 g/mol. The van der Waals surface area contributed by atoms with Gasteiger partial charge in [0.15, 0.2) is 5.13 Å². The third-order valence-electron chi connectivity index (χ3n) is 3.15. The predicted molar refractivity (Wildman–Crippen MR) is 90.1 cm³/mol. The zero-order valence-corrected chi connectivity index (χ0v) is 13.3. The van der Waals surface area contributed by atoms with Gasteiger partial charge in [0, 0.05) is 0 Å². The number of aromatic nitrogens is 3. The van der Waals surface area contributed by atoms with Crippen molar-refractivity contribution in [3.05, 3.63) is 40.9 Å². The molecule has 0 unspecified atom stereocenters. The summed E-state index contributed by atoms with van der Waals surface area (Å²) in [6, 6.07) is 9.94. The second-order valence-electron chi connectivity index (χ2n) is 4.67. The van der Waals surface area contributed by atoms with E-state index in [-0.39, 0.29) is 0 Å². The van der Waals surface area contributed by atoms with Gasteiger partial charge >= 0.3 is 0 Å². The van der Waals surface area contributed by atoms with Gasteiger partial charge in [-0.1, -0.05) is 29.0 Å². The quantitative estimate of drug-likeness (QED) is 0.560. The number of anilines is 2. The van der Waals surface area contributed by atoms with E-state index in [1.807, 2.05) is 12.1 Å². The van der Waals surface area contributed by atoms with Crippen molar-refractivity contribution in [2.24, 2.45) is 0 Å². The molecular formula is C14H9ClN4S2. The van der Waals surface area contributed by atoms with E-state index in [0.717, 1.165) is 32.1 Å². The highest BCUT2D eigenvalue weighted by Gasteiger charge is 2.12. The van der Waals surface area contributed by atoms with E-state index < -0.39 is 0 Å². The van der Waals surface area contributed by atoms with Gasteiger partial charge in [0.2, 0.25) is 0 Å². The van der Waals surface area contributed by atoms with Crippen LogP contribution in [-0.4, -0.2) is 13.7 Å². The van der Waals surface area contributed by atoms with Crippen molar-refractivity contribution in [2.75, 3.05) is 5.32 Å². The maximum Gasteiger partial charge on any atom is 0.188 e. The lowest BCUT2D eigenvalue weighted by Gasteiger charge is -2.05. The molecule has 1 N–H and O–H groups in total. The first-order chi connectivity index (χ1) is 10.2. The van der Waals surface area contributed by atoms with Crippen LogP contribution in [0.5, 0.6) is 0 Å². The van der Waals surface area contributed by atoms with Crippen molar-refractivity contribution >= 4 is 66.7 Å². The number of hydrogen-bond acceptors (Lipinski definition) is 6. The molecule has 4 aromatic rings. The molecule has 2 aromatic heterocycles. The Bertz CT molecular complexity index is 960. The molecule has 0 fully saturated rings. The fraction of sp³-hybridized carbons (Fsp3) is 0.0714. The molecule has 0 spiro atoms. The number of nitrogens with one attached hydrogen (secondary N) is 1. The monoisotopic (exact) mass is 332 g/mol. The van der Waals surface area contributed by atoms with Crippen LogP contribution >= 0.6 is 34.7 Å². The molecule has 0 saturated heterocycles. The van der Waals surface area contributed by atoms with Crippen molar-refractivity contribution in [1.29, 1.82) is 0 Å². The van der Waals surface area contributed by atoms with Gasteiger partial charge < -0.3 is 5.32 Å². The molecule has 0 aliphatic heterocycles. The summed E-state index contributed by atoms with van der Waals surface area (Å²) in [5.74, 6) is 0. The standard InChI is InChI=1S/C14H9ClN4S2/c1-7-2-5-11-10(6-7)16-14(20-11)17-12-8(15)3-4-9-13(12)19-21-18-9/h2-6H,1H3,(H,16,17). The zero-order chi connectivity index (χ0) is 14.4. The van der Waals surface area contributed by atoms with Crippen LogP contribution < -0.4 is 5.32 Å². The molecule has 0 radical (unpaired) electrons. The molecule has 4 rings (SSSR count). The summed E-state index contributed by atoms with van der Waals surface area (Å²) in [6.07, 6.45) is 0. The van der Waals surface area contributed by atoms with E-state index in [0.29, 0.717) is 5.02 Å². The maximum absolute atomic E-state index is 6.29. The molecule has 104 valence electrons. The van der Waals surface area contributed by atoms with Crippen LogP contribution in [0, 0.1) is 6.92 Å². The highest BCUT2D eigenvalue weighted by molar-refractivity contribution is 7.22. The summed E-state index contributed by atoms with van der Waals surface area (Å²) < 4.78 is 9.68. The molecule has 0 aliphatic carbocycles. The normalized spacial score (nSPS) is 11.3. The molecule has 21 heavy (non-hydrogen) atoms. The Morgan fingerprint density at radius 2 is 2.00 bits per heavy atom. The Balaban J connectivity index is 1.82. The topological polar surface area (TPSA) is 50.7 Å². The van der Waals surface area contributed by atoms with Crippen LogP contribution in [0.25, 0.3) is 21.3 Å². The van der Waals surface area contributed by atoms with Crippen LogP contribution in [0.15, 0.2) is 30.3 Å². The maximum atomic E-state index is 6.29. The Hall–Kier alpha value is -1.76. The number of hydrogen-bond donors (Lipinski definition) is 1. The van der Waals surface area contributed by atoms with E-state index in [2.05, 4.69) is 44.2 Å². The molecule has 2 aromatic carbocycles. The van der Waals surface area contributed by atoms with Gasteiger partial charge in [0.1, 0.15) is 11.0 Å². The number of halogens is 1. The first-order valence-electron chi connectivity index (χ1n) is 6.26. The molecule has 0 amide bonds. The summed E-state index contributed by atoms with van der Waals surface area (Å²) in [5.41, 5.74) is 4.57. The lowest BCUT2D eigenvalue weighted by Crippen LogP contribution is -1.91. The summed E-state index contributed by atoms with van der Waals surface area (Å²) in [4.78, 5) is 4.61. The molecule has 4 nitrogen and oxygen atoms in total. The number of nitrogens with zero attached hydrogens (tertiary/aromatic N) is 3. The highest BCUT2D eigenvalue weighted by Crippen LogP contribution is 2.35. The first kappa shape index (κ1) is 12.9. The molecule has 0 bridgehead atoms. The molecule has 7 heteroatoms. The Morgan fingerprint density at radius 1 is 1.10 bits per heavy atom. The average molecular weight is 333 g/mol. The molecule has 0 saturated carbocycles.